The molecule has 3 heteroatoms. The van der Waals surface area contributed by atoms with Gasteiger partial charge in [-0.1, -0.05) is 36.4 Å². The number of esters is 1. The maximum Gasteiger partial charge on any atom is 0.333 e. The second-order valence-corrected chi connectivity index (χ2v) is 4.99. The van der Waals surface area contributed by atoms with Gasteiger partial charge in [-0.3, -0.25) is 0 Å². The number of rotatable bonds is 3. The predicted octanol–water partition coefficient (Wildman–Crippen LogP) is 4.29. The van der Waals surface area contributed by atoms with Crippen molar-refractivity contribution in [1.82, 2.24) is 4.98 Å². The lowest BCUT2D eigenvalue weighted by Gasteiger charge is -2.02. The Bertz CT molecular complexity index is 843. The first-order valence-electron chi connectivity index (χ1n) is 7.05. The maximum absolute atomic E-state index is 11.8. The van der Waals surface area contributed by atoms with E-state index in [9.17, 15) is 4.79 Å². The summed E-state index contributed by atoms with van der Waals surface area (Å²) in [5, 5.41) is 2.35. The summed E-state index contributed by atoms with van der Waals surface area (Å²) >= 11 is 0. The number of carbonyl (C=O) groups is 1. The lowest BCUT2D eigenvalue weighted by molar-refractivity contribution is -0.138. The van der Waals surface area contributed by atoms with Gasteiger partial charge in [-0.05, 0) is 31.6 Å². The van der Waals surface area contributed by atoms with E-state index in [0.717, 1.165) is 22.0 Å². The Kier molecular flexibility index (Phi) is 3.48. The Balaban J connectivity index is 2.15. The molecule has 1 heterocycles. The Morgan fingerprint density at radius 1 is 1.14 bits per heavy atom. The van der Waals surface area contributed by atoms with Crippen molar-refractivity contribution in [1.29, 1.82) is 0 Å². The van der Waals surface area contributed by atoms with Crippen molar-refractivity contribution in [3.63, 3.8) is 0 Å². The van der Waals surface area contributed by atoms with Crippen LogP contribution in [-0.4, -0.2) is 17.6 Å². The number of hydrogen-bond donors (Lipinski definition) is 1. The minimum Gasteiger partial charge on any atom is -0.463 e. The van der Waals surface area contributed by atoms with E-state index in [1.165, 1.54) is 5.39 Å². The largest absolute Gasteiger partial charge is 0.463 e. The molecule has 0 radical (unpaired) electrons. The molecule has 0 saturated heterocycles. The Morgan fingerprint density at radius 3 is 2.71 bits per heavy atom. The number of nitrogens with one attached hydrogen (secondary N) is 1. The van der Waals surface area contributed by atoms with E-state index in [4.69, 9.17) is 4.74 Å². The molecule has 3 nitrogen and oxygen atoms in total. The number of fused-ring (bicyclic) bond motifs is 3. The second kappa shape index (κ2) is 5.44. The first-order chi connectivity index (χ1) is 10.2. The van der Waals surface area contributed by atoms with E-state index < -0.39 is 0 Å². The van der Waals surface area contributed by atoms with E-state index in [1.54, 1.807) is 6.92 Å². The highest BCUT2D eigenvalue weighted by atomic mass is 16.5. The molecule has 3 rings (SSSR count). The summed E-state index contributed by atoms with van der Waals surface area (Å²) in [5.41, 5.74) is 3.74. The zero-order chi connectivity index (χ0) is 14.8. The molecule has 0 amide bonds. The van der Waals surface area contributed by atoms with Crippen LogP contribution in [0.4, 0.5) is 0 Å². The quantitative estimate of drug-likeness (QED) is 0.574. The number of para-hydroxylation sites is 2. The monoisotopic (exact) mass is 279 g/mol. The van der Waals surface area contributed by atoms with Gasteiger partial charge in [-0.2, -0.15) is 0 Å². The van der Waals surface area contributed by atoms with E-state index in [2.05, 4.69) is 23.2 Å². The molecule has 0 atom stereocenters. The summed E-state index contributed by atoms with van der Waals surface area (Å²) in [6.07, 6.45) is 1.87. The standard InChI is InChI=1S/C18H17NO2/c1-3-21-18(20)12(2)11-13-7-6-9-15-14-8-4-5-10-16(14)19-17(13)15/h4-11,19H,3H2,1-2H3. The van der Waals surface area contributed by atoms with Crippen LogP contribution in [0.15, 0.2) is 48.0 Å². The second-order valence-electron chi connectivity index (χ2n) is 4.99. The van der Waals surface area contributed by atoms with Gasteiger partial charge < -0.3 is 9.72 Å². The number of carbonyl (C=O) groups excluding carboxylic acids is 1. The lowest BCUT2D eigenvalue weighted by atomic mass is 10.1. The first kappa shape index (κ1) is 13.4. The summed E-state index contributed by atoms with van der Waals surface area (Å²) in [4.78, 5) is 15.2. The predicted molar refractivity (Wildman–Crippen MR) is 86.1 cm³/mol. The van der Waals surface area contributed by atoms with E-state index in [1.807, 2.05) is 37.3 Å². The van der Waals surface area contributed by atoms with Crippen LogP contribution in [0.5, 0.6) is 0 Å². The van der Waals surface area contributed by atoms with Crippen molar-refractivity contribution in [2.75, 3.05) is 6.61 Å². The molecule has 0 unspecified atom stereocenters. The van der Waals surface area contributed by atoms with Crippen molar-refractivity contribution in [2.45, 2.75) is 13.8 Å². The highest BCUT2D eigenvalue weighted by Crippen LogP contribution is 2.28. The summed E-state index contributed by atoms with van der Waals surface area (Å²) in [5.74, 6) is -0.273. The minimum atomic E-state index is -0.273. The van der Waals surface area contributed by atoms with Crippen LogP contribution in [0.3, 0.4) is 0 Å². The van der Waals surface area contributed by atoms with Gasteiger partial charge in [-0.25, -0.2) is 4.79 Å². The third kappa shape index (κ3) is 2.42. The highest BCUT2D eigenvalue weighted by molar-refractivity contribution is 6.10. The fourth-order valence-electron chi connectivity index (χ4n) is 2.55. The maximum atomic E-state index is 11.8. The zero-order valence-corrected chi connectivity index (χ0v) is 12.1. The third-order valence-electron chi connectivity index (χ3n) is 3.54. The fraction of sp³-hybridized carbons (Fsp3) is 0.167. The van der Waals surface area contributed by atoms with Gasteiger partial charge >= 0.3 is 5.97 Å². The molecule has 0 aliphatic rings. The minimum absolute atomic E-state index is 0.273. The van der Waals surface area contributed by atoms with Crippen LogP contribution >= 0.6 is 0 Å². The van der Waals surface area contributed by atoms with Crippen LogP contribution in [0.25, 0.3) is 27.9 Å². The molecule has 2 aromatic carbocycles. The molecule has 0 aliphatic carbocycles. The van der Waals surface area contributed by atoms with E-state index in [0.29, 0.717) is 12.2 Å². The first-order valence-corrected chi connectivity index (χ1v) is 7.05. The SMILES string of the molecule is CCOC(=O)C(C)=Cc1cccc2c1[nH]c1ccccc12. The molecular formula is C18H17NO2. The van der Waals surface area contributed by atoms with Crippen LogP contribution < -0.4 is 0 Å². The number of hydrogen-bond acceptors (Lipinski definition) is 2. The molecule has 21 heavy (non-hydrogen) atoms. The van der Waals surface area contributed by atoms with Gasteiger partial charge in [0.05, 0.1) is 12.1 Å². The van der Waals surface area contributed by atoms with Crippen molar-refractivity contribution >= 4 is 33.9 Å². The highest BCUT2D eigenvalue weighted by Gasteiger charge is 2.09. The molecule has 0 fully saturated rings. The number of aromatic amines is 1. The van der Waals surface area contributed by atoms with Gasteiger partial charge in [0.25, 0.3) is 0 Å². The van der Waals surface area contributed by atoms with Crippen molar-refractivity contribution < 1.29 is 9.53 Å². The van der Waals surface area contributed by atoms with Crippen LogP contribution in [0, 0.1) is 0 Å². The van der Waals surface area contributed by atoms with Crippen LogP contribution in [-0.2, 0) is 9.53 Å². The van der Waals surface area contributed by atoms with Crippen LogP contribution in [0.2, 0.25) is 0 Å². The van der Waals surface area contributed by atoms with Gasteiger partial charge in [0, 0.05) is 21.9 Å². The molecule has 3 aromatic rings. The summed E-state index contributed by atoms with van der Waals surface area (Å²) in [6.45, 7) is 3.98. The normalized spacial score (nSPS) is 12.0. The summed E-state index contributed by atoms with van der Waals surface area (Å²) in [6, 6.07) is 14.3. The number of H-pyrrole nitrogens is 1. The molecule has 0 bridgehead atoms. The van der Waals surface area contributed by atoms with Gasteiger partial charge in [0.2, 0.25) is 0 Å². The van der Waals surface area contributed by atoms with Gasteiger partial charge in [-0.15, -0.1) is 0 Å². The number of aromatic nitrogens is 1. The molecule has 0 saturated carbocycles. The molecule has 0 spiro atoms. The Morgan fingerprint density at radius 2 is 1.90 bits per heavy atom. The molecule has 1 N–H and O–H groups in total. The number of ether oxygens (including phenoxy) is 1. The molecule has 1 aromatic heterocycles. The smallest absolute Gasteiger partial charge is 0.333 e. The van der Waals surface area contributed by atoms with Crippen LogP contribution in [0.1, 0.15) is 19.4 Å². The molecule has 106 valence electrons. The molecular weight excluding hydrogens is 262 g/mol. The van der Waals surface area contributed by atoms with Gasteiger partial charge in [0.1, 0.15) is 0 Å². The Labute approximate surface area is 123 Å². The third-order valence-corrected chi connectivity index (χ3v) is 3.54. The summed E-state index contributed by atoms with van der Waals surface area (Å²) in [7, 11) is 0. The van der Waals surface area contributed by atoms with Crippen molar-refractivity contribution in [3.8, 4) is 0 Å². The van der Waals surface area contributed by atoms with E-state index in [-0.39, 0.29) is 5.97 Å². The summed E-state index contributed by atoms with van der Waals surface area (Å²) < 4.78 is 5.03. The Hall–Kier alpha value is -2.55. The average molecular weight is 279 g/mol. The number of benzene rings is 2. The topological polar surface area (TPSA) is 42.1 Å². The zero-order valence-electron chi connectivity index (χ0n) is 12.1. The van der Waals surface area contributed by atoms with Gasteiger partial charge in [0.15, 0.2) is 0 Å². The van der Waals surface area contributed by atoms with E-state index >= 15 is 0 Å². The van der Waals surface area contributed by atoms with Crippen molar-refractivity contribution in [2.24, 2.45) is 0 Å². The lowest BCUT2D eigenvalue weighted by Crippen LogP contribution is -2.04. The molecule has 0 aliphatic heterocycles. The fourth-order valence-corrected chi connectivity index (χ4v) is 2.55. The average Bonchev–Trinajstić information content (AvgIpc) is 2.87. The van der Waals surface area contributed by atoms with Crippen molar-refractivity contribution in [3.05, 3.63) is 53.6 Å².